The second-order valence-corrected chi connectivity index (χ2v) is 8.56. The molecule has 1 saturated carbocycles. The molecule has 6 nitrogen and oxygen atoms in total. The number of benzene rings is 1. The third-order valence-corrected chi connectivity index (χ3v) is 6.49. The summed E-state index contributed by atoms with van der Waals surface area (Å²) in [5.41, 5.74) is 0.490. The normalized spacial score (nSPS) is 19.8. The van der Waals surface area contributed by atoms with Gasteiger partial charge in [-0.05, 0) is 43.2 Å². The maximum atomic E-state index is 13.0. The zero-order chi connectivity index (χ0) is 21.1. The number of carbonyl (C=O) groups excluding carboxylic acids is 2. The molecule has 2 fully saturated rings. The minimum Gasteiger partial charge on any atom is -0.459 e. The molecule has 0 spiro atoms. The number of furan rings is 1. The van der Waals surface area contributed by atoms with Gasteiger partial charge in [0.1, 0.15) is 0 Å². The van der Waals surface area contributed by atoms with Crippen molar-refractivity contribution in [3.63, 3.8) is 0 Å². The fourth-order valence-electron chi connectivity index (χ4n) is 4.20. The summed E-state index contributed by atoms with van der Waals surface area (Å²) in [6.07, 6.45) is 5.43. The Hall–Kier alpha value is -2.02. The minimum atomic E-state index is -0.259. The molecule has 1 unspecified atom stereocenters. The molecule has 2 amide bonds. The molecule has 1 atom stereocenters. The topological polar surface area (TPSA) is 63.0 Å². The van der Waals surface area contributed by atoms with E-state index in [1.807, 2.05) is 4.90 Å². The van der Waals surface area contributed by atoms with Crippen LogP contribution in [0.15, 0.2) is 41.0 Å². The van der Waals surface area contributed by atoms with Crippen LogP contribution in [0.5, 0.6) is 0 Å². The maximum Gasteiger partial charge on any atom is 0.289 e. The van der Waals surface area contributed by atoms with Gasteiger partial charge in [-0.15, -0.1) is 0 Å². The molecular weight excluding hydrogens is 427 g/mol. The van der Waals surface area contributed by atoms with E-state index in [-0.39, 0.29) is 24.0 Å². The Balaban J connectivity index is 1.46. The lowest BCUT2D eigenvalue weighted by molar-refractivity contribution is -0.0374. The van der Waals surface area contributed by atoms with E-state index in [1.165, 1.54) is 6.26 Å². The first kappa shape index (κ1) is 21.2. The largest absolute Gasteiger partial charge is 0.459 e. The number of carbonyl (C=O) groups is 2. The van der Waals surface area contributed by atoms with Gasteiger partial charge >= 0.3 is 0 Å². The van der Waals surface area contributed by atoms with Gasteiger partial charge in [-0.1, -0.05) is 36.0 Å². The second-order valence-electron chi connectivity index (χ2n) is 7.75. The van der Waals surface area contributed by atoms with Gasteiger partial charge in [0, 0.05) is 31.2 Å². The quantitative estimate of drug-likeness (QED) is 0.671. The van der Waals surface area contributed by atoms with Crippen molar-refractivity contribution in [1.29, 1.82) is 0 Å². The number of morpholine rings is 1. The molecule has 1 aromatic carbocycles. The average molecular weight is 451 g/mol. The lowest BCUT2D eigenvalue weighted by atomic mass is 10.1. The summed E-state index contributed by atoms with van der Waals surface area (Å²) in [4.78, 5) is 29.6. The molecule has 0 bridgehead atoms. The van der Waals surface area contributed by atoms with Gasteiger partial charge in [0.2, 0.25) is 0 Å². The summed E-state index contributed by atoms with van der Waals surface area (Å²) in [6.45, 7) is 1.75. The van der Waals surface area contributed by atoms with Crippen LogP contribution in [-0.2, 0) is 4.74 Å². The number of nitrogens with zero attached hydrogens (tertiary/aromatic N) is 2. The highest BCUT2D eigenvalue weighted by molar-refractivity contribution is 6.42. The maximum absolute atomic E-state index is 13.0. The Bertz CT molecular complexity index is 897. The van der Waals surface area contributed by atoms with Crippen LogP contribution in [0.1, 0.15) is 46.6 Å². The van der Waals surface area contributed by atoms with E-state index in [0.717, 1.165) is 25.7 Å². The van der Waals surface area contributed by atoms with Crippen LogP contribution in [0.25, 0.3) is 0 Å². The molecule has 1 aliphatic heterocycles. The third kappa shape index (κ3) is 4.66. The summed E-state index contributed by atoms with van der Waals surface area (Å²) in [7, 11) is 0. The number of ether oxygens (including phenoxy) is 1. The van der Waals surface area contributed by atoms with Gasteiger partial charge < -0.3 is 19.0 Å². The van der Waals surface area contributed by atoms with E-state index < -0.39 is 0 Å². The summed E-state index contributed by atoms with van der Waals surface area (Å²) in [5.74, 6) is 0.0940. The van der Waals surface area contributed by atoms with E-state index in [1.54, 1.807) is 35.2 Å². The molecule has 1 aromatic heterocycles. The fraction of sp³-hybridized carbons (Fsp3) is 0.455. The van der Waals surface area contributed by atoms with Crippen molar-refractivity contribution >= 4 is 35.0 Å². The number of rotatable bonds is 5. The highest BCUT2D eigenvalue weighted by Crippen LogP contribution is 2.27. The summed E-state index contributed by atoms with van der Waals surface area (Å²) >= 11 is 12.0. The van der Waals surface area contributed by atoms with Crippen LogP contribution in [0.3, 0.4) is 0 Å². The number of halogens is 2. The SMILES string of the molecule is O=C(c1ccc(Cl)c(Cl)c1)N1CCOC(CN(C(=O)c2ccco2)C2CCCC2)C1. The van der Waals surface area contributed by atoms with E-state index in [0.29, 0.717) is 47.6 Å². The Kier molecular flexibility index (Phi) is 6.66. The van der Waals surface area contributed by atoms with Crippen molar-refractivity contribution < 1.29 is 18.7 Å². The van der Waals surface area contributed by atoms with E-state index >= 15 is 0 Å². The monoisotopic (exact) mass is 450 g/mol. The summed E-state index contributed by atoms with van der Waals surface area (Å²) in [5, 5.41) is 0.764. The molecule has 1 saturated heterocycles. The van der Waals surface area contributed by atoms with Crippen LogP contribution in [-0.4, -0.2) is 60.0 Å². The second kappa shape index (κ2) is 9.41. The Morgan fingerprint density at radius 1 is 1.13 bits per heavy atom. The van der Waals surface area contributed by atoms with E-state index in [9.17, 15) is 9.59 Å². The van der Waals surface area contributed by atoms with Crippen LogP contribution in [0.2, 0.25) is 10.0 Å². The van der Waals surface area contributed by atoms with Crippen molar-refractivity contribution in [1.82, 2.24) is 9.80 Å². The van der Waals surface area contributed by atoms with Gasteiger partial charge in [0.15, 0.2) is 5.76 Å². The molecule has 160 valence electrons. The number of amides is 2. The first-order valence-electron chi connectivity index (χ1n) is 10.2. The highest BCUT2D eigenvalue weighted by atomic mass is 35.5. The summed E-state index contributed by atoms with van der Waals surface area (Å²) < 4.78 is 11.3. The van der Waals surface area contributed by atoms with Crippen molar-refractivity contribution in [2.75, 3.05) is 26.2 Å². The van der Waals surface area contributed by atoms with Crippen LogP contribution in [0, 0.1) is 0 Å². The Morgan fingerprint density at radius 3 is 2.63 bits per heavy atom. The van der Waals surface area contributed by atoms with E-state index in [2.05, 4.69) is 0 Å². The third-order valence-electron chi connectivity index (χ3n) is 5.75. The summed E-state index contributed by atoms with van der Waals surface area (Å²) in [6, 6.07) is 8.46. The highest BCUT2D eigenvalue weighted by Gasteiger charge is 2.33. The molecule has 0 radical (unpaired) electrons. The predicted molar refractivity (Wildman–Crippen MR) is 114 cm³/mol. The van der Waals surface area contributed by atoms with Crippen molar-refractivity contribution in [2.24, 2.45) is 0 Å². The molecule has 2 aliphatic rings. The molecule has 8 heteroatoms. The van der Waals surface area contributed by atoms with E-state index in [4.69, 9.17) is 32.4 Å². The molecule has 30 heavy (non-hydrogen) atoms. The Labute approximate surface area is 185 Å². The number of hydrogen-bond donors (Lipinski definition) is 0. The van der Waals surface area contributed by atoms with Gasteiger partial charge in [-0.25, -0.2) is 0 Å². The smallest absolute Gasteiger partial charge is 0.289 e. The fourth-order valence-corrected chi connectivity index (χ4v) is 4.50. The first-order valence-corrected chi connectivity index (χ1v) is 11.0. The van der Waals surface area contributed by atoms with Crippen molar-refractivity contribution in [3.05, 3.63) is 58.0 Å². The number of hydrogen-bond acceptors (Lipinski definition) is 4. The molecule has 1 aliphatic carbocycles. The predicted octanol–water partition coefficient (Wildman–Crippen LogP) is 4.51. The zero-order valence-corrected chi connectivity index (χ0v) is 18.1. The molecule has 0 N–H and O–H groups in total. The molecule has 2 heterocycles. The lowest BCUT2D eigenvalue weighted by Crippen LogP contribution is -2.52. The Morgan fingerprint density at radius 2 is 1.93 bits per heavy atom. The van der Waals surface area contributed by atoms with Crippen LogP contribution in [0.4, 0.5) is 0 Å². The van der Waals surface area contributed by atoms with Crippen LogP contribution < -0.4 is 0 Å². The van der Waals surface area contributed by atoms with Crippen molar-refractivity contribution in [3.8, 4) is 0 Å². The average Bonchev–Trinajstić information content (AvgIpc) is 3.47. The minimum absolute atomic E-state index is 0.119. The zero-order valence-electron chi connectivity index (χ0n) is 16.6. The van der Waals surface area contributed by atoms with Gasteiger partial charge in [-0.2, -0.15) is 0 Å². The molecule has 2 aromatic rings. The van der Waals surface area contributed by atoms with Gasteiger partial charge in [0.05, 0.1) is 29.0 Å². The lowest BCUT2D eigenvalue weighted by Gasteiger charge is -2.37. The van der Waals surface area contributed by atoms with Gasteiger partial charge in [0.25, 0.3) is 11.8 Å². The first-order chi connectivity index (χ1) is 14.5. The standard InChI is InChI=1S/C22H24Cl2N2O4/c23-18-8-7-15(12-19(18)24)21(27)25-9-11-29-17(13-25)14-26(16-4-1-2-5-16)22(28)20-6-3-10-30-20/h3,6-8,10,12,16-17H,1-2,4-5,9,11,13-14H2. The van der Waals surface area contributed by atoms with Crippen molar-refractivity contribution in [2.45, 2.75) is 37.8 Å². The van der Waals surface area contributed by atoms with Crippen LogP contribution >= 0.6 is 23.2 Å². The molecule has 4 rings (SSSR count). The van der Waals surface area contributed by atoms with Gasteiger partial charge in [-0.3, -0.25) is 9.59 Å². The molecular formula is C22H24Cl2N2O4.